The highest BCUT2D eigenvalue weighted by atomic mass is 16.7. The maximum atomic E-state index is 6.05. The van der Waals surface area contributed by atoms with Crippen LogP contribution in [0.5, 0.6) is 0 Å². The van der Waals surface area contributed by atoms with Gasteiger partial charge in [0.1, 0.15) is 0 Å². The predicted molar refractivity (Wildman–Crippen MR) is 82.2 cm³/mol. The van der Waals surface area contributed by atoms with Crippen LogP contribution < -0.4 is 0 Å². The van der Waals surface area contributed by atoms with E-state index in [2.05, 4.69) is 11.7 Å². The Morgan fingerprint density at radius 3 is 2.25 bits per heavy atom. The Hall–Kier alpha value is -1.33. The summed E-state index contributed by atoms with van der Waals surface area (Å²) < 4.78 is 13.9. The van der Waals surface area contributed by atoms with E-state index in [1.807, 2.05) is 53.9 Å². The molecule has 4 nitrogen and oxygen atoms in total. The third-order valence-electron chi connectivity index (χ3n) is 4.13. The molecule has 20 heavy (non-hydrogen) atoms. The van der Waals surface area contributed by atoms with Crippen LogP contribution in [0, 0.1) is 6.92 Å². The van der Waals surface area contributed by atoms with Crippen molar-refractivity contribution in [1.29, 1.82) is 0 Å². The molecule has 1 aromatic heterocycles. The van der Waals surface area contributed by atoms with Crippen LogP contribution in [0.3, 0.4) is 0 Å². The second-order valence-corrected chi connectivity index (χ2v) is 6.28. The molecule has 0 aromatic carbocycles. The lowest BCUT2D eigenvalue weighted by Gasteiger charge is -2.32. The standard InChI is InChI=1S/C15H23BN2O2/c1-8-13(9-12-10-18(7)17-11(12)2)16-19-14(3,4)15(5,6)20-16/h8-10H,1H2,2-7H3/b13-9+. The largest absolute Gasteiger partial charge is 0.494 e. The molecule has 5 heteroatoms. The zero-order valence-electron chi connectivity index (χ0n) is 13.2. The number of hydrogen-bond acceptors (Lipinski definition) is 3. The zero-order chi connectivity index (χ0) is 15.1. The van der Waals surface area contributed by atoms with Crippen LogP contribution in [0.1, 0.15) is 39.0 Å². The summed E-state index contributed by atoms with van der Waals surface area (Å²) in [6.45, 7) is 14.0. The van der Waals surface area contributed by atoms with Crippen LogP contribution >= 0.6 is 0 Å². The molecule has 0 N–H and O–H groups in total. The van der Waals surface area contributed by atoms with Crippen LogP contribution in [0.25, 0.3) is 6.08 Å². The zero-order valence-corrected chi connectivity index (χ0v) is 13.2. The number of aromatic nitrogens is 2. The third kappa shape index (κ3) is 2.60. The van der Waals surface area contributed by atoms with Gasteiger partial charge < -0.3 is 9.31 Å². The fraction of sp³-hybridized carbons (Fsp3) is 0.533. The van der Waals surface area contributed by atoms with E-state index in [9.17, 15) is 0 Å². The van der Waals surface area contributed by atoms with Crippen LogP contribution in [0.2, 0.25) is 0 Å². The lowest BCUT2D eigenvalue weighted by atomic mass is 9.77. The highest BCUT2D eigenvalue weighted by Crippen LogP contribution is 2.39. The molecule has 2 heterocycles. The molecule has 0 saturated carbocycles. The van der Waals surface area contributed by atoms with Crippen molar-refractivity contribution in [2.24, 2.45) is 7.05 Å². The van der Waals surface area contributed by atoms with E-state index in [0.717, 1.165) is 16.7 Å². The topological polar surface area (TPSA) is 36.3 Å². The van der Waals surface area contributed by atoms with Gasteiger partial charge in [-0.1, -0.05) is 18.7 Å². The minimum absolute atomic E-state index is 0.344. The van der Waals surface area contributed by atoms with E-state index in [4.69, 9.17) is 9.31 Å². The normalized spacial score (nSPS) is 21.3. The van der Waals surface area contributed by atoms with Crippen molar-refractivity contribution < 1.29 is 9.31 Å². The van der Waals surface area contributed by atoms with Gasteiger partial charge in [-0.25, -0.2) is 0 Å². The van der Waals surface area contributed by atoms with Crippen LogP contribution in [0.15, 0.2) is 24.3 Å². The Labute approximate surface area is 121 Å². The summed E-state index contributed by atoms with van der Waals surface area (Å²) in [6, 6.07) is 0. The van der Waals surface area contributed by atoms with Crippen LogP contribution in [-0.4, -0.2) is 28.1 Å². The Bertz CT molecular complexity index is 542. The Morgan fingerprint density at radius 2 is 1.85 bits per heavy atom. The average Bonchev–Trinajstić information content (AvgIpc) is 2.72. The van der Waals surface area contributed by atoms with Crippen molar-refractivity contribution in [2.45, 2.75) is 45.8 Å². The number of rotatable bonds is 3. The minimum atomic E-state index is -0.392. The molecule has 2 rings (SSSR count). The molecule has 0 unspecified atom stereocenters. The maximum Gasteiger partial charge on any atom is 0.494 e. The first kappa shape index (κ1) is 15.1. The first-order valence-electron chi connectivity index (χ1n) is 6.86. The summed E-state index contributed by atoms with van der Waals surface area (Å²) >= 11 is 0. The van der Waals surface area contributed by atoms with Crippen molar-refractivity contribution in [3.05, 3.63) is 35.6 Å². The van der Waals surface area contributed by atoms with Gasteiger partial charge >= 0.3 is 7.12 Å². The maximum absolute atomic E-state index is 6.05. The summed E-state index contributed by atoms with van der Waals surface area (Å²) in [5.41, 5.74) is 2.26. The Kier molecular flexibility index (Phi) is 3.69. The molecule has 1 aliphatic heterocycles. The molecule has 0 amide bonds. The molecule has 1 aliphatic rings. The van der Waals surface area contributed by atoms with Crippen molar-refractivity contribution in [2.75, 3.05) is 0 Å². The quantitative estimate of drug-likeness (QED) is 0.628. The van der Waals surface area contributed by atoms with Gasteiger partial charge in [-0.3, -0.25) is 4.68 Å². The molecule has 1 aromatic rings. The SMILES string of the molecule is C=C/C(=C\c1cn(C)nc1C)B1OC(C)(C)C(C)(C)O1. The summed E-state index contributed by atoms with van der Waals surface area (Å²) in [6.07, 6.45) is 5.79. The fourth-order valence-electron chi connectivity index (χ4n) is 2.14. The molecular formula is C15H23BN2O2. The molecule has 1 saturated heterocycles. The van der Waals surface area contributed by atoms with Crippen molar-refractivity contribution >= 4 is 13.2 Å². The molecule has 0 radical (unpaired) electrons. The summed E-state index contributed by atoms with van der Waals surface area (Å²) in [4.78, 5) is 0. The van der Waals surface area contributed by atoms with E-state index in [1.54, 1.807) is 10.8 Å². The molecule has 0 atom stereocenters. The first-order chi connectivity index (χ1) is 9.16. The van der Waals surface area contributed by atoms with Gasteiger partial charge in [-0.2, -0.15) is 5.10 Å². The molecule has 0 bridgehead atoms. The number of hydrogen-bond donors (Lipinski definition) is 0. The van der Waals surface area contributed by atoms with Gasteiger partial charge in [0, 0.05) is 18.8 Å². The molecular weight excluding hydrogens is 251 g/mol. The van der Waals surface area contributed by atoms with Crippen molar-refractivity contribution in [3.63, 3.8) is 0 Å². The number of nitrogens with zero attached hydrogens (tertiary/aromatic N) is 2. The van der Waals surface area contributed by atoms with Gasteiger partial charge in [0.15, 0.2) is 0 Å². The Balaban J connectivity index is 2.31. The highest BCUT2D eigenvalue weighted by molar-refractivity contribution is 6.56. The number of aryl methyl sites for hydroxylation is 2. The number of allylic oxidation sites excluding steroid dienone is 2. The second-order valence-electron chi connectivity index (χ2n) is 6.28. The molecule has 1 fully saturated rings. The summed E-state index contributed by atoms with van der Waals surface area (Å²) in [5, 5.41) is 4.34. The lowest BCUT2D eigenvalue weighted by molar-refractivity contribution is 0.00578. The van der Waals surface area contributed by atoms with Gasteiger partial charge in [0.2, 0.25) is 0 Å². The lowest BCUT2D eigenvalue weighted by Crippen LogP contribution is -2.41. The molecule has 0 aliphatic carbocycles. The van der Waals surface area contributed by atoms with Gasteiger partial charge in [-0.05, 0) is 40.1 Å². The monoisotopic (exact) mass is 274 g/mol. The van der Waals surface area contributed by atoms with E-state index in [0.29, 0.717) is 0 Å². The summed E-state index contributed by atoms with van der Waals surface area (Å²) in [7, 11) is 1.52. The summed E-state index contributed by atoms with van der Waals surface area (Å²) in [5.74, 6) is 0. The minimum Gasteiger partial charge on any atom is -0.399 e. The van der Waals surface area contributed by atoms with Gasteiger partial charge in [-0.15, -0.1) is 0 Å². The van der Waals surface area contributed by atoms with Crippen molar-refractivity contribution in [3.8, 4) is 0 Å². The van der Waals surface area contributed by atoms with E-state index in [-0.39, 0.29) is 11.2 Å². The molecule has 0 spiro atoms. The highest BCUT2D eigenvalue weighted by Gasteiger charge is 2.51. The third-order valence-corrected chi connectivity index (χ3v) is 4.13. The molecule has 108 valence electrons. The van der Waals surface area contributed by atoms with Crippen LogP contribution in [-0.2, 0) is 16.4 Å². The van der Waals surface area contributed by atoms with E-state index >= 15 is 0 Å². The smallest absolute Gasteiger partial charge is 0.399 e. The van der Waals surface area contributed by atoms with E-state index in [1.165, 1.54) is 0 Å². The first-order valence-corrected chi connectivity index (χ1v) is 6.86. The fourth-order valence-corrected chi connectivity index (χ4v) is 2.14. The average molecular weight is 274 g/mol. The van der Waals surface area contributed by atoms with Gasteiger partial charge in [0.25, 0.3) is 0 Å². The van der Waals surface area contributed by atoms with Crippen molar-refractivity contribution in [1.82, 2.24) is 9.78 Å². The van der Waals surface area contributed by atoms with E-state index < -0.39 is 7.12 Å². The predicted octanol–water partition coefficient (Wildman–Crippen LogP) is 2.93. The van der Waals surface area contributed by atoms with Gasteiger partial charge in [0.05, 0.1) is 16.9 Å². The second kappa shape index (κ2) is 4.90. The Morgan fingerprint density at radius 1 is 1.30 bits per heavy atom. The van der Waals surface area contributed by atoms with Crippen LogP contribution in [0.4, 0.5) is 0 Å².